The maximum Gasteiger partial charge on any atom is 0.291 e. The molecule has 0 aliphatic rings. The van der Waals surface area contributed by atoms with Crippen molar-refractivity contribution in [3.63, 3.8) is 0 Å². The van der Waals surface area contributed by atoms with E-state index in [0.29, 0.717) is 27.9 Å². The minimum absolute atomic E-state index is 0.200. The smallest absolute Gasteiger partial charge is 0.291 e. The van der Waals surface area contributed by atoms with E-state index < -0.39 is 0 Å². The molecule has 8 heteroatoms. The maximum atomic E-state index is 13.0. The van der Waals surface area contributed by atoms with Crippen molar-refractivity contribution in [1.82, 2.24) is 5.32 Å². The van der Waals surface area contributed by atoms with Gasteiger partial charge in [0, 0.05) is 6.54 Å². The van der Waals surface area contributed by atoms with Crippen LogP contribution in [0.15, 0.2) is 83.5 Å². The summed E-state index contributed by atoms with van der Waals surface area (Å²) in [5.41, 5.74) is 0.891. The minimum atomic E-state index is -0.373. The normalized spacial score (nSPS) is 10.5. The Labute approximate surface area is 181 Å². The molecule has 31 heavy (non-hydrogen) atoms. The Hall–Kier alpha value is -3.91. The monoisotopic (exact) mass is 436 g/mol. The molecule has 0 spiro atoms. The maximum absolute atomic E-state index is 13.0. The first-order valence-corrected chi connectivity index (χ1v) is 10.1. The molecule has 0 aliphatic heterocycles. The number of rotatable bonds is 7. The third-order valence-electron chi connectivity index (χ3n) is 4.24. The van der Waals surface area contributed by atoms with Crippen LogP contribution in [0.4, 0.5) is 9.39 Å². The zero-order valence-corrected chi connectivity index (χ0v) is 16.9. The van der Waals surface area contributed by atoms with Crippen molar-refractivity contribution < 1.29 is 23.1 Å². The average molecular weight is 436 g/mol. The summed E-state index contributed by atoms with van der Waals surface area (Å²) >= 11 is 1.17. The molecule has 0 radical (unpaired) electrons. The van der Waals surface area contributed by atoms with Crippen LogP contribution >= 0.6 is 11.3 Å². The van der Waals surface area contributed by atoms with E-state index in [-0.39, 0.29) is 23.4 Å². The molecule has 4 aromatic rings. The molecule has 2 aromatic heterocycles. The Balaban J connectivity index is 1.29. The van der Waals surface area contributed by atoms with E-state index in [4.69, 9.17) is 9.15 Å². The van der Waals surface area contributed by atoms with Crippen LogP contribution in [0.5, 0.6) is 11.5 Å². The number of hydrogen-bond acceptors (Lipinski definition) is 5. The Kier molecular flexibility index (Phi) is 6.09. The summed E-state index contributed by atoms with van der Waals surface area (Å²) in [7, 11) is 0. The van der Waals surface area contributed by atoms with Gasteiger partial charge in [-0.3, -0.25) is 9.59 Å². The van der Waals surface area contributed by atoms with Gasteiger partial charge in [-0.05, 0) is 66.2 Å². The van der Waals surface area contributed by atoms with Gasteiger partial charge in [-0.25, -0.2) is 4.39 Å². The molecule has 0 saturated heterocycles. The van der Waals surface area contributed by atoms with Gasteiger partial charge in [0.05, 0.1) is 16.1 Å². The molecule has 2 heterocycles. The second-order valence-electron chi connectivity index (χ2n) is 6.48. The van der Waals surface area contributed by atoms with Crippen LogP contribution in [0, 0.1) is 5.82 Å². The lowest BCUT2D eigenvalue weighted by atomic mass is 10.2. The van der Waals surface area contributed by atoms with Crippen LogP contribution in [0.25, 0.3) is 0 Å². The molecule has 2 amide bonds. The van der Waals surface area contributed by atoms with Gasteiger partial charge in [-0.1, -0.05) is 12.1 Å². The molecule has 0 aliphatic carbocycles. The lowest BCUT2D eigenvalue weighted by molar-refractivity contribution is 0.0953. The number of carbonyl (C=O) groups excluding carboxylic acids is 2. The van der Waals surface area contributed by atoms with Crippen molar-refractivity contribution in [3.8, 4) is 11.5 Å². The molecule has 2 N–H and O–H groups in total. The molecule has 6 nitrogen and oxygen atoms in total. The summed E-state index contributed by atoms with van der Waals surface area (Å²) < 4.78 is 23.7. The van der Waals surface area contributed by atoms with Crippen LogP contribution in [0.1, 0.15) is 25.8 Å². The number of halogens is 1. The van der Waals surface area contributed by atoms with Crippen molar-refractivity contribution in [3.05, 3.63) is 101 Å². The number of ether oxygens (including phenoxy) is 1. The van der Waals surface area contributed by atoms with Crippen LogP contribution in [-0.2, 0) is 6.54 Å². The first-order chi connectivity index (χ1) is 15.1. The quantitative estimate of drug-likeness (QED) is 0.403. The molecule has 2 aromatic carbocycles. The van der Waals surface area contributed by atoms with E-state index in [0.717, 1.165) is 5.56 Å². The standard InChI is InChI=1S/C23H17FN2O4S/c24-16-5-9-18(10-6-16)30-17-7-3-15(4-8-17)14-25-23(28)20-11-12-21(31-20)26-22(27)19-2-1-13-29-19/h1-13H,14H2,(H,25,28)(H,26,27). The zero-order chi connectivity index (χ0) is 21.6. The largest absolute Gasteiger partial charge is 0.459 e. The summed E-state index contributed by atoms with van der Waals surface area (Å²) in [5.74, 6) is 0.409. The number of nitrogens with one attached hydrogen (secondary N) is 2. The van der Waals surface area contributed by atoms with Gasteiger partial charge in [0.2, 0.25) is 0 Å². The van der Waals surface area contributed by atoms with Crippen LogP contribution in [0.3, 0.4) is 0 Å². The average Bonchev–Trinajstić information content (AvgIpc) is 3.47. The zero-order valence-electron chi connectivity index (χ0n) is 16.1. The molecule has 4 rings (SSSR count). The number of anilines is 1. The highest BCUT2D eigenvalue weighted by molar-refractivity contribution is 7.18. The summed E-state index contributed by atoms with van der Waals surface area (Å²) in [6.07, 6.45) is 1.42. The fourth-order valence-corrected chi connectivity index (χ4v) is 3.51. The lowest BCUT2D eigenvalue weighted by Crippen LogP contribution is -2.21. The molecule has 156 valence electrons. The highest BCUT2D eigenvalue weighted by atomic mass is 32.1. The molecule has 0 bridgehead atoms. The number of amides is 2. The third-order valence-corrected chi connectivity index (χ3v) is 5.24. The van der Waals surface area contributed by atoms with E-state index >= 15 is 0 Å². The molecular weight excluding hydrogens is 419 g/mol. The van der Waals surface area contributed by atoms with Gasteiger partial charge < -0.3 is 19.8 Å². The number of carbonyl (C=O) groups is 2. The predicted octanol–water partition coefficient (Wildman–Crippen LogP) is 5.45. The Morgan fingerprint density at radius 2 is 1.61 bits per heavy atom. The molecule has 0 saturated carbocycles. The molecule has 0 unspecified atom stereocenters. The van der Waals surface area contributed by atoms with E-state index in [2.05, 4.69) is 10.6 Å². The van der Waals surface area contributed by atoms with Crippen molar-refractivity contribution >= 4 is 28.2 Å². The van der Waals surface area contributed by atoms with Crippen molar-refractivity contribution in [2.75, 3.05) is 5.32 Å². The van der Waals surface area contributed by atoms with Crippen LogP contribution in [0.2, 0.25) is 0 Å². The van der Waals surface area contributed by atoms with Crippen LogP contribution in [-0.4, -0.2) is 11.8 Å². The number of furan rings is 1. The SMILES string of the molecule is O=C(Nc1ccc(C(=O)NCc2ccc(Oc3ccc(F)cc3)cc2)s1)c1ccco1. The Morgan fingerprint density at radius 1 is 0.903 bits per heavy atom. The fraction of sp³-hybridized carbons (Fsp3) is 0.0435. The summed E-state index contributed by atoms with van der Waals surface area (Å²) in [5, 5.41) is 6.09. The van der Waals surface area contributed by atoms with Gasteiger partial charge in [0.25, 0.3) is 11.8 Å². The summed E-state index contributed by atoms with van der Waals surface area (Å²) in [4.78, 5) is 24.9. The lowest BCUT2D eigenvalue weighted by Gasteiger charge is -2.07. The minimum Gasteiger partial charge on any atom is -0.459 e. The van der Waals surface area contributed by atoms with Gasteiger partial charge in [0.15, 0.2) is 5.76 Å². The Bertz CT molecular complexity index is 1170. The van der Waals surface area contributed by atoms with E-state index in [9.17, 15) is 14.0 Å². The summed E-state index contributed by atoms with van der Waals surface area (Å²) in [6, 6.07) is 19.5. The first-order valence-electron chi connectivity index (χ1n) is 9.32. The van der Waals surface area contributed by atoms with Crippen molar-refractivity contribution in [1.29, 1.82) is 0 Å². The second kappa shape index (κ2) is 9.27. The highest BCUT2D eigenvalue weighted by Crippen LogP contribution is 2.24. The van der Waals surface area contributed by atoms with E-state index in [1.807, 2.05) is 12.1 Å². The van der Waals surface area contributed by atoms with Crippen molar-refractivity contribution in [2.24, 2.45) is 0 Å². The highest BCUT2D eigenvalue weighted by Gasteiger charge is 2.13. The number of hydrogen-bond donors (Lipinski definition) is 2. The molecular formula is C23H17FN2O4S. The first kappa shape index (κ1) is 20.4. The van der Waals surface area contributed by atoms with Gasteiger partial charge >= 0.3 is 0 Å². The third kappa shape index (κ3) is 5.37. The summed E-state index contributed by atoms with van der Waals surface area (Å²) in [6.45, 7) is 0.335. The Morgan fingerprint density at radius 3 is 2.29 bits per heavy atom. The molecule has 0 atom stereocenters. The van der Waals surface area contributed by atoms with Crippen LogP contribution < -0.4 is 15.4 Å². The van der Waals surface area contributed by atoms with E-state index in [1.54, 1.807) is 48.5 Å². The predicted molar refractivity (Wildman–Crippen MR) is 115 cm³/mol. The topological polar surface area (TPSA) is 80.6 Å². The van der Waals surface area contributed by atoms with Gasteiger partial charge in [0.1, 0.15) is 17.3 Å². The second-order valence-corrected chi connectivity index (χ2v) is 7.56. The number of thiophene rings is 1. The van der Waals surface area contributed by atoms with Gasteiger partial charge in [-0.2, -0.15) is 0 Å². The van der Waals surface area contributed by atoms with Gasteiger partial charge in [-0.15, -0.1) is 11.3 Å². The van der Waals surface area contributed by atoms with Crippen molar-refractivity contribution in [2.45, 2.75) is 6.54 Å². The van der Waals surface area contributed by atoms with E-state index in [1.165, 1.54) is 29.7 Å². The fourth-order valence-electron chi connectivity index (χ4n) is 2.69. The number of benzene rings is 2. The molecule has 0 fully saturated rings.